The van der Waals surface area contributed by atoms with Crippen LogP contribution in [0.3, 0.4) is 0 Å². The van der Waals surface area contributed by atoms with Crippen LogP contribution in [0.1, 0.15) is 0 Å². The summed E-state index contributed by atoms with van der Waals surface area (Å²) in [6, 6.07) is 0. The van der Waals surface area contributed by atoms with Crippen LogP contribution in [0.4, 0.5) is 13.2 Å². The zero-order valence-corrected chi connectivity index (χ0v) is 10.9. The molecule has 1 N–H and O–H groups in total. The Bertz CT molecular complexity index is 427. The van der Waals surface area contributed by atoms with Gasteiger partial charge in [-0.1, -0.05) is 0 Å². The molecule has 0 aliphatic carbocycles. The molecule has 0 aromatic heterocycles. The van der Waals surface area contributed by atoms with E-state index in [4.69, 9.17) is 9.47 Å². The van der Waals surface area contributed by atoms with E-state index >= 15 is 0 Å². The van der Waals surface area contributed by atoms with Gasteiger partial charge in [0.1, 0.15) is 0 Å². The molecule has 0 saturated carbocycles. The molecule has 18 heavy (non-hydrogen) atoms. The van der Waals surface area contributed by atoms with Gasteiger partial charge in [-0.15, -0.1) is 4.13 Å². The van der Waals surface area contributed by atoms with E-state index in [2.05, 4.69) is 0 Å². The third-order valence-electron chi connectivity index (χ3n) is 1.31. The lowest BCUT2D eigenvalue weighted by Crippen LogP contribution is -2.39. The molecule has 110 valence electrons. The highest BCUT2D eigenvalue weighted by Crippen LogP contribution is 2.21. The Labute approximate surface area is 102 Å². The molecular weight excluding hydrogens is 303 g/mol. The Hall–Kier alpha value is -0.430. The summed E-state index contributed by atoms with van der Waals surface area (Å²) in [4.78, 5) is 0. The minimum absolute atomic E-state index is 0.302. The van der Waals surface area contributed by atoms with Gasteiger partial charge in [0, 0.05) is 0 Å². The third-order valence-corrected chi connectivity index (χ3v) is 4.01. The first-order valence-corrected chi connectivity index (χ1v) is 7.78. The summed E-state index contributed by atoms with van der Waals surface area (Å²) in [6.45, 7) is 3.11. The van der Waals surface area contributed by atoms with Crippen molar-refractivity contribution >= 4 is 20.0 Å². The lowest BCUT2D eigenvalue weighted by atomic mass is 10.6. The first-order chi connectivity index (χ1) is 7.96. The number of nitrogens with one attached hydrogen (secondary N) is 1. The van der Waals surface area contributed by atoms with Crippen molar-refractivity contribution in [2.45, 2.75) is 5.51 Å². The van der Waals surface area contributed by atoms with Gasteiger partial charge in [-0.3, -0.25) is 0 Å². The van der Waals surface area contributed by atoms with Crippen LogP contribution in [-0.4, -0.2) is 55.0 Å². The Morgan fingerprint density at radius 1 is 0.944 bits per heavy atom. The molecule has 1 aliphatic rings. The van der Waals surface area contributed by atoms with Crippen molar-refractivity contribution in [2.24, 2.45) is 0 Å². The van der Waals surface area contributed by atoms with E-state index in [9.17, 15) is 30.0 Å². The van der Waals surface area contributed by atoms with E-state index in [1.54, 1.807) is 0 Å². The summed E-state index contributed by atoms with van der Waals surface area (Å²) in [7, 11) is -10.2. The number of hydrogen-bond acceptors (Lipinski definition) is 6. The third kappa shape index (κ3) is 7.81. The number of halogens is 3. The van der Waals surface area contributed by atoms with Crippen LogP contribution in [0.2, 0.25) is 0 Å². The number of rotatable bonds is 2. The Balaban J connectivity index is 0.000000397. The fourth-order valence-electron chi connectivity index (χ4n) is 0.686. The van der Waals surface area contributed by atoms with Crippen LogP contribution in [0.25, 0.3) is 0 Å². The van der Waals surface area contributed by atoms with Gasteiger partial charge in [0.2, 0.25) is 10.0 Å². The molecule has 0 atom stereocenters. The van der Waals surface area contributed by atoms with Crippen LogP contribution >= 0.6 is 0 Å². The quantitative estimate of drug-likeness (QED) is 0.732. The molecule has 0 amide bonds. The molecule has 1 fully saturated rings. The smallest absolute Gasteiger partial charge is 0.377 e. The average molecular weight is 315 g/mol. The number of sulfonamides is 2. The van der Waals surface area contributed by atoms with Crippen LogP contribution in [-0.2, 0) is 29.5 Å². The monoisotopic (exact) mass is 315 g/mol. The van der Waals surface area contributed by atoms with Gasteiger partial charge >= 0.3 is 15.5 Å². The molecule has 0 bridgehead atoms. The highest BCUT2D eigenvalue weighted by molar-refractivity contribution is 8.04. The summed E-state index contributed by atoms with van der Waals surface area (Å²) in [6.07, 6.45) is 0.302. The Kier molecular flexibility index (Phi) is 6.50. The van der Waals surface area contributed by atoms with Crippen LogP contribution in [0.15, 0.2) is 0 Å². The van der Waals surface area contributed by atoms with Gasteiger partial charge in [0.05, 0.1) is 32.7 Å². The Morgan fingerprint density at radius 3 is 1.39 bits per heavy atom. The van der Waals surface area contributed by atoms with Crippen molar-refractivity contribution in [1.29, 1.82) is 0 Å². The van der Waals surface area contributed by atoms with Gasteiger partial charge in [0.15, 0.2) is 0 Å². The van der Waals surface area contributed by atoms with Crippen LogP contribution in [0, 0.1) is 0 Å². The fraction of sp³-hybridized carbons (Fsp3) is 1.00. The lowest BCUT2D eigenvalue weighted by Gasteiger charge is -2.09. The summed E-state index contributed by atoms with van der Waals surface area (Å²) >= 11 is 0. The van der Waals surface area contributed by atoms with Gasteiger partial charge < -0.3 is 9.47 Å². The zero-order valence-electron chi connectivity index (χ0n) is 9.23. The molecular formula is C6H12F3NO6S2. The minimum Gasteiger partial charge on any atom is -0.377 e. The molecule has 0 aromatic carbocycles. The molecule has 12 heteroatoms. The number of hydrogen-bond donors (Lipinski definition) is 1. The average Bonchev–Trinajstić information content (AvgIpc) is 2.15. The highest BCUT2D eigenvalue weighted by Gasteiger charge is 2.47. The highest BCUT2D eigenvalue weighted by atomic mass is 32.3. The summed E-state index contributed by atoms with van der Waals surface area (Å²) in [5.74, 6) is 0. The normalized spacial score (nSPS) is 17.8. The first-order valence-electron chi connectivity index (χ1n) is 4.41. The van der Waals surface area contributed by atoms with Crippen molar-refractivity contribution in [3.05, 3.63) is 0 Å². The van der Waals surface area contributed by atoms with Crippen molar-refractivity contribution in [3.63, 3.8) is 0 Å². The van der Waals surface area contributed by atoms with Crippen LogP contribution in [0.5, 0.6) is 0 Å². The summed E-state index contributed by atoms with van der Waals surface area (Å²) in [5.41, 5.74) is -5.62. The van der Waals surface area contributed by atoms with E-state index in [0.717, 1.165) is 26.4 Å². The zero-order chi connectivity index (χ0) is 14.4. The standard InChI is InChI=1S/C4H8O2.C2H4F3NO4S2/c1-2-6-4-3-5-1;1-11(7,8)6-12(9,10)2(3,4)5/h1-4H2;6H,1H3. The van der Waals surface area contributed by atoms with E-state index in [-0.39, 0.29) is 0 Å². The second-order valence-corrected chi connectivity index (χ2v) is 6.71. The maximum atomic E-state index is 11.4. The topological polar surface area (TPSA) is 98.8 Å². The molecule has 1 aliphatic heterocycles. The van der Waals surface area contributed by atoms with E-state index < -0.39 is 25.6 Å². The van der Waals surface area contributed by atoms with Crippen molar-refractivity contribution in [3.8, 4) is 0 Å². The van der Waals surface area contributed by atoms with Gasteiger partial charge in [0.25, 0.3) is 0 Å². The van der Waals surface area contributed by atoms with E-state index in [1.165, 1.54) is 0 Å². The molecule has 0 aromatic rings. The fourth-order valence-corrected chi connectivity index (χ4v) is 2.66. The first kappa shape index (κ1) is 17.6. The number of alkyl halides is 3. The van der Waals surface area contributed by atoms with Gasteiger partial charge in [-0.25, -0.2) is 16.8 Å². The maximum absolute atomic E-state index is 11.4. The maximum Gasteiger partial charge on any atom is 0.512 e. The molecule has 7 nitrogen and oxygen atoms in total. The minimum atomic E-state index is -5.79. The van der Waals surface area contributed by atoms with Crippen molar-refractivity contribution < 1.29 is 39.5 Å². The lowest BCUT2D eigenvalue weighted by molar-refractivity contribution is -0.0441. The molecule has 0 unspecified atom stereocenters. The predicted octanol–water partition coefficient (Wildman–Crippen LogP) is -0.582. The van der Waals surface area contributed by atoms with Gasteiger partial charge in [-0.2, -0.15) is 13.2 Å². The number of ether oxygens (including phenoxy) is 2. The SMILES string of the molecule is C1COCCO1.CS(=O)(=O)NS(=O)(=O)C(F)(F)F. The summed E-state index contributed by atoms with van der Waals surface area (Å²) < 4.78 is 85.0. The molecule has 1 rings (SSSR count). The second-order valence-electron chi connectivity index (χ2n) is 3.03. The summed E-state index contributed by atoms with van der Waals surface area (Å²) in [5, 5.41) is 0. The second kappa shape index (κ2) is 6.65. The van der Waals surface area contributed by atoms with Crippen molar-refractivity contribution in [2.75, 3.05) is 32.7 Å². The molecule has 1 saturated heterocycles. The van der Waals surface area contributed by atoms with Crippen LogP contribution < -0.4 is 4.13 Å². The Morgan fingerprint density at radius 2 is 1.28 bits per heavy atom. The van der Waals surface area contributed by atoms with E-state index in [0.29, 0.717) is 10.4 Å². The molecule has 0 radical (unpaired) electrons. The predicted molar refractivity (Wildman–Crippen MR) is 54.6 cm³/mol. The molecule has 0 spiro atoms. The molecule has 1 heterocycles. The van der Waals surface area contributed by atoms with Gasteiger partial charge in [-0.05, 0) is 0 Å². The largest absolute Gasteiger partial charge is 0.512 e. The van der Waals surface area contributed by atoms with E-state index in [1.807, 2.05) is 0 Å². The van der Waals surface area contributed by atoms with Crippen molar-refractivity contribution in [1.82, 2.24) is 4.13 Å².